The van der Waals surface area contributed by atoms with Gasteiger partial charge in [-0.2, -0.15) is 5.26 Å². The second kappa shape index (κ2) is 11.5. The number of anilines is 2. The monoisotopic (exact) mass is 443 g/mol. The summed E-state index contributed by atoms with van der Waals surface area (Å²) in [4.78, 5) is 20.1. The van der Waals surface area contributed by atoms with Gasteiger partial charge < -0.3 is 20.7 Å². The maximum absolute atomic E-state index is 12.3. The van der Waals surface area contributed by atoms with Gasteiger partial charge in [0.05, 0.1) is 25.2 Å². The molecule has 1 fully saturated rings. The van der Waals surface area contributed by atoms with Crippen LogP contribution in [-0.4, -0.2) is 49.3 Å². The molecule has 9 nitrogen and oxygen atoms in total. The molecule has 164 valence electrons. The molecule has 0 bridgehead atoms. The predicted molar refractivity (Wildman–Crippen MR) is 120 cm³/mol. The van der Waals surface area contributed by atoms with Crippen LogP contribution in [0.3, 0.4) is 0 Å². The van der Waals surface area contributed by atoms with Gasteiger partial charge >= 0.3 is 6.03 Å². The van der Waals surface area contributed by atoms with Crippen LogP contribution in [-0.2, 0) is 6.42 Å². The molecule has 3 rings (SSSR count). The number of piperidine rings is 1. The van der Waals surface area contributed by atoms with Gasteiger partial charge in [0, 0.05) is 5.02 Å². The maximum atomic E-state index is 12.3. The SMILES string of the molecule is COc1cc(CCNC[C@H]2CCCNC2)c(Cl)cc1NC(=O)Nc1cnc(C#N)cn1. The van der Waals surface area contributed by atoms with Crippen LogP contribution < -0.4 is 26.0 Å². The van der Waals surface area contributed by atoms with Crippen LogP contribution in [0.5, 0.6) is 5.75 Å². The number of carbonyl (C=O) groups is 1. The van der Waals surface area contributed by atoms with Crippen molar-refractivity contribution in [3.8, 4) is 11.8 Å². The van der Waals surface area contributed by atoms with Crippen molar-refractivity contribution in [2.75, 3.05) is 43.9 Å². The Morgan fingerprint density at radius 2 is 2.23 bits per heavy atom. The third kappa shape index (κ3) is 6.79. The van der Waals surface area contributed by atoms with E-state index >= 15 is 0 Å². The molecule has 10 heteroatoms. The normalized spacial score (nSPS) is 15.7. The zero-order valence-corrected chi connectivity index (χ0v) is 18.1. The number of rotatable bonds is 8. The molecule has 0 radical (unpaired) electrons. The van der Waals surface area contributed by atoms with E-state index in [1.165, 1.54) is 32.3 Å². The Morgan fingerprint density at radius 3 is 2.90 bits per heavy atom. The number of nitrogens with zero attached hydrogens (tertiary/aromatic N) is 3. The number of amides is 2. The lowest BCUT2D eigenvalue weighted by molar-refractivity contribution is 0.262. The summed E-state index contributed by atoms with van der Waals surface area (Å²) >= 11 is 6.44. The van der Waals surface area contributed by atoms with Gasteiger partial charge in [0.1, 0.15) is 11.8 Å². The van der Waals surface area contributed by atoms with Crippen molar-refractivity contribution in [1.82, 2.24) is 20.6 Å². The van der Waals surface area contributed by atoms with E-state index in [1.54, 1.807) is 6.07 Å². The Morgan fingerprint density at radius 1 is 1.35 bits per heavy atom. The Labute approximate surface area is 186 Å². The molecule has 1 aliphatic heterocycles. The van der Waals surface area contributed by atoms with Crippen molar-refractivity contribution in [3.05, 3.63) is 40.8 Å². The minimum Gasteiger partial charge on any atom is -0.495 e. The predicted octanol–water partition coefficient (Wildman–Crippen LogP) is 2.79. The number of nitriles is 1. The second-order valence-electron chi connectivity index (χ2n) is 7.29. The average molecular weight is 444 g/mol. The molecule has 31 heavy (non-hydrogen) atoms. The number of methoxy groups -OCH3 is 1. The number of aromatic nitrogens is 2. The molecule has 1 saturated heterocycles. The van der Waals surface area contributed by atoms with Crippen molar-refractivity contribution in [1.29, 1.82) is 5.26 Å². The van der Waals surface area contributed by atoms with E-state index in [9.17, 15) is 4.79 Å². The third-order valence-electron chi connectivity index (χ3n) is 5.03. The Hall–Kier alpha value is -2.93. The lowest BCUT2D eigenvalue weighted by atomic mass is 10.00. The molecule has 1 aromatic carbocycles. The minimum atomic E-state index is -0.524. The van der Waals surface area contributed by atoms with Gasteiger partial charge in [-0.05, 0) is 69.1 Å². The Bertz CT molecular complexity index is 925. The molecule has 2 aromatic rings. The molecule has 0 saturated carbocycles. The smallest absolute Gasteiger partial charge is 0.325 e. The lowest BCUT2D eigenvalue weighted by Crippen LogP contribution is -2.36. The van der Waals surface area contributed by atoms with Gasteiger partial charge in [-0.15, -0.1) is 0 Å². The average Bonchev–Trinajstić information content (AvgIpc) is 2.79. The van der Waals surface area contributed by atoms with Crippen molar-refractivity contribution in [3.63, 3.8) is 0 Å². The number of hydrogen-bond acceptors (Lipinski definition) is 7. The number of ether oxygens (including phenoxy) is 1. The fourth-order valence-electron chi connectivity index (χ4n) is 3.40. The molecule has 0 spiro atoms. The van der Waals surface area contributed by atoms with E-state index in [1.807, 2.05) is 12.1 Å². The van der Waals surface area contributed by atoms with Crippen LogP contribution in [0.4, 0.5) is 16.3 Å². The Kier molecular flexibility index (Phi) is 8.41. The fourth-order valence-corrected chi connectivity index (χ4v) is 3.66. The third-order valence-corrected chi connectivity index (χ3v) is 5.38. The molecule has 2 amide bonds. The summed E-state index contributed by atoms with van der Waals surface area (Å²) in [6, 6.07) is 4.85. The largest absolute Gasteiger partial charge is 0.495 e. The van der Waals surface area contributed by atoms with Crippen LogP contribution in [0, 0.1) is 17.2 Å². The van der Waals surface area contributed by atoms with E-state index in [-0.39, 0.29) is 11.5 Å². The van der Waals surface area contributed by atoms with E-state index in [0.29, 0.717) is 22.4 Å². The topological polar surface area (TPSA) is 124 Å². The number of benzene rings is 1. The van der Waals surface area contributed by atoms with Crippen molar-refractivity contribution >= 4 is 29.1 Å². The van der Waals surface area contributed by atoms with Crippen molar-refractivity contribution < 1.29 is 9.53 Å². The highest BCUT2D eigenvalue weighted by molar-refractivity contribution is 6.31. The van der Waals surface area contributed by atoms with E-state index in [0.717, 1.165) is 38.2 Å². The first kappa shape index (κ1) is 22.7. The Balaban J connectivity index is 1.55. The van der Waals surface area contributed by atoms with E-state index in [2.05, 4.69) is 31.2 Å². The molecular formula is C21H26ClN7O2. The van der Waals surface area contributed by atoms with E-state index < -0.39 is 6.03 Å². The summed E-state index contributed by atoms with van der Waals surface area (Å²) in [6.07, 6.45) is 5.82. The molecule has 1 aliphatic rings. The van der Waals surface area contributed by atoms with Crippen LogP contribution in [0.15, 0.2) is 24.5 Å². The number of nitrogens with one attached hydrogen (secondary N) is 4. The fraction of sp³-hybridized carbons (Fsp3) is 0.429. The van der Waals surface area contributed by atoms with Gasteiger partial charge in [-0.3, -0.25) is 5.32 Å². The number of carbonyl (C=O) groups excluding carboxylic acids is 1. The first-order valence-corrected chi connectivity index (χ1v) is 10.5. The molecule has 0 aliphatic carbocycles. The first-order valence-electron chi connectivity index (χ1n) is 10.2. The molecule has 0 unspecified atom stereocenters. The summed E-state index contributed by atoms with van der Waals surface area (Å²) < 4.78 is 5.43. The van der Waals surface area contributed by atoms with Crippen LogP contribution in [0.2, 0.25) is 5.02 Å². The van der Waals surface area contributed by atoms with Gasteiger partial charge in [-0.25, -0.2) is 14.8 Å². The van der Waals surface area contributed by atoms with Gasteiger partial charge in [-0.1, -0.05) is 11.6 Å². The summed E-state index contributed by atoms with van der Waals surface area (Å²) in [6.45, 7) is 3.98. The quantitative estimate of drug-likeness (QED) is 0.462. The lowest BCUT2D eigenvalue weighted by Gasteiger charge is -2.23. The van der Waals surface area contributed by atoms with E-state index in [4.69, 9.17) is 21.6 Å². The summed E-state index contributed by atoms with van der Waals surface area (Å²) in [5, 5.41) is 21.5. The van der Waals surface area contributed by atoms with Gasteiger partial charge in [0.25, 0.3) is 0 Å². The number of halogens is 1. The highest BCUT2D eigenvalue weighted by Crippen LogP contribution is 2.31. The van der Waals surface area contributed by atoms with Crippen LogP contribution >= 0.6 is 11.6 Å². The number of urea groups is 1. The molecule has 2 heterocycles. The zero-order valence-electron chi connectivity index (χ0n) is 17.4. The summed E-state index contributed by atoms with van der Waals surface area (Å²) in [5.41, 5.74) is 1.55. The minimum absolute atomic E-state index is 0.167. The molecule has 1 atom stereocenters. The van der Waals surface area contributed by atoms with Crippen molar-refractivity contribution in [2.45, 2.75) is 19.3 Å². The standard InChI is InChI=1S/C21H26ClN7O2/c1-31-19-7-15(4-6-25-11-14-3-2-5-24-10-14)17(22)8-18(19)28-21(30)29-20-13-26-16(9-23)12-27-20/h7-8,12-14,24-25H,2-6,10-11H2,1H3,(H2,27,28,29,30)/t14-/m0/s1. The first-order chi connectivity index (χ1) is 15.1. The maximum Gasteiger partial charge on any atom is 0.325 e. The van der Waals surface area contributed by atoms with Crippen LogP contribution in [0.1, 0.15) is 24.1 Å². The van der Waals surface area contributed by atoms with Gasteiger partial charge in [0.15, 0.2) is 11.5 Å². The summed E-state index contributed by atoms with van der Waals surface area (Å²) in [5.74, 6) is 1.40. The van der Waals surface area contributed by atoms with Crippen molar-refractivity contribution in [2.24, 2.45) is 5.92 Å². The highest BCUT2D eigenvalue weighted by Gasteiger charge is 2.14. The molecule has 1 aromatic heterocycles. The van der Waals surface area contributed by atoms with Crippen LogP contribution in [0.25, 0.3) is 0 Å². The number of hydrogen-bond donors (Lipinski definition) is 4. The summed E-state index contributed by atoms with van der Waals surface area (Å²) in [7, 11) is 1.54. The molecular weight excluding hydrogens is 418 g/mol. The van der Waals surface area contributed by atoms with Gasteiger partial charge in [0.2, 0.25) is 0 Å². The second-order valence-corrected chi connectivity index (χ2v) is 7.70. The molecule has 4 N–H and O–H groups in total. The zero-order chi connectivity index (χ0) is 22.1. The highest BCUT2D eigenvalue weighted by atomic mass is 35.5.